The zero-order valence-electron chi connectivity index (χ0n) is 8.91. The van der Waals surface area contributed by atoms with Gasteiger partial charge in [-0.05, 0) is 48.8 Å². The van der Waals surface area contributed by atoms with Gasteiger partial charge in [0.15, 0.2) is 0 Å². The summed E-state index contributed by atoms with van der Waals surface area (Å²) in [5, 5.41) is 2.15. The lowest BCUT2D eigenvalue weighted by Gasteiger charge is -2.08. The van der Waals surface area contributed by atoms with Gasteiger partial charge >= 0.3 is 0 Å². The minimum atomic E-state index is 0.406. The summed E-state index contributed by atoms with van der Waals surface area (Å²) in [4.78, 5) is 4.93. The number of thiophene rings is 2. The smallest absolute Gasteiger partial charge is 0.0831 e. The van der Waals surface area contributed by atoms with E-state index in [1.807, 2.05) is 22.7 Å². The Balaban J connectivity index is 1.92. The van der Waals surface area contributed by atoms with Crippen LogP contribution in [0.15, 0.2) is 23.6 Å². The Kier molecular flexibility index (Phi) is 3.18. The van der Waals surface area contributed by atoms with Gasteiger partial charge in [0.2, 0.25) is 0 Å². The normalized spacial score (nSPS) is 17.1. The minimum Gasteiger partial charge on any atom is -0.147 e. The molecule has 2 aromatic rings. The number of hydrogen-bond donors (Lipinski definition) is 0. The van der Waals surface area contributed by atoms with Crippen molar-refractivity contribution in [3.63, 3.8) is 0 Å². The molecule has 0 N–H and O–H groups in total. The van der Waals surface area contributed by atoms with Crippen molar-refractivity contribution in [2.24, 2.45) is 0 Å². The van der Waals surface area contributed by atoms with Gasteiger partial charge in [-0.3, -0.25) is 0 Å². The van der Waals surface area contributed by atoms with Crippen LogP contribution in [0.25, 0.3) is 0 Å². The summed E-state index contributed by atoms with van der Waals surface area (Å²) in [6.45, 7) is 0. The van der Waals surface area contributed by atoms with Crippen molar-refractivity contribution < 1.29 is 0 Å². The summed E-state index contributed by atoms with van der Waals surface area (Å²) < 4.78 is 0. The molecule has 0 saturated heterocycles. The molecule has 0 bridgehead atoms. The highest BCUT2D eigenvalue weighted by Gasteiger charge is 2.18. The monoisotopic (exact) mass is 312 g/mol. The molecule has 1 atom stereocenters. The lowest BCUT2D eigenvalue weighted by molar-refractivity contribution is 0.697. The molecule has 0 nitrogen and oxygen atoms in total. The van der Waals surface area contributed by atoms with Gasteiger partial charge in [-0.25, -0.2) is 0 Å². The van der Waals surface area contributed by atoms with E-state index in [0.717, 1.165) is 0 Å². The van der Waals surface area contributed by atoms with Gasteiger partial charge in [0.25, 0.3) is 0 Å². The van der Waals surface area contributed by atoms with Crippen LogP contribution in [-0.2, 0) is 12.8 Å². The molecule has 16 heavy (non-hydrogen) atoms. The van der Waals surface area contributed by atoms with Crippen LogP contribution < -0.4 is 0 Å². The van der Waals surface area contributed by atoms with Crippen molar-refractivity contribution in [2.45, 2.75) is 30.5 Å². The third-order valence-corrected chi connectivity index (χ3v) is 6.89. The molecule has 2 aromatic heterocycles. The maximum atomic E-state index is 3.82. The van der Waals surface area contributed by atoms with E-state index in [1.54, 1.807) is 10.4 Å². The minimum absolute atomic E-state index is 0.406. The Morgan fingerprint density at radius 2 is 2.06 bits per heavy atom. The summed E-state index contributed by atoms with van der Waals surface area (Å²) >= 11 is 7.65. The van der Waals surface area contributed by atoms with E-state index in [1.165, 1.54) is 35.4 Å². The standard InChI is InChI=1S/C13H13BrS2/c14-13(11-6-3-7-15-11)12-8-9-4-1-2-5-10(9)16-12/h3,6-8,13H,1-2,4-5H2. The number of halogens is 1. The van der Waals surface area contributed by atoms with Crippen LogP contribution >= 0.6 is 38.6 Å². The second kappa shape index (κ2) is 4.63. The van der Waals surface area contributed by atoms with Gasteiger partial charge in [-0.15, -0.1) is 22.7 Å². The molecule has 0 saturated carbocycles. The molecule has 2 heterocycles. The van der Waals surface area contributed by atoms with Crippen LogP contribution in [0, 0.1) is 0 Å². The molecule has 0 fully saturated rings. The van der Waals surface area contributed by atoms with Crippen molar-refractivity contribution in [1.82, 2.24) is 0 Å². The highest BCUT2D eigenvalue weighted by molar-refractivity contribution is 9.09. The molecule has 0 spiro atoms. The summed E-state index contributed by atoms with van der Waals surface area (Å²) in [5.74, 6) is 0. The topological polar surface area (TPSA) is 0 Å². The number of aryl methyl sites for hydroxylation is 2. The molecule has 0 aromatic carbocycles. The lowest BCUT2D eigenvalue weighted by Crippen LogP contribution is -1.96. The summed E-state index contributed by atoms with van der Waals surface area (Å²) in [5.41, 5.74) is 1.60. The Morgan fingerprint density at radius 3 is 2.81 bits per heavy atom. The molecule has 3 rings (SSSR count). The van der Waals surface area contributed by atoms with Crippen LogP contribution in [0.2, 0.25) is 0 Å². The van der Waals surface area contributed by atoms with Gasteiger partial charge in [0.1, 0.15) is 0 Å². The van der Waals surface area contributed by atoms with E-state index in [4.69, 9.17) is 0 Å². The summed E-state index contributed by atoms with van der Waals surface area (Å²) in [7, 11) is 0. The Labute approximate surface area is 112 Å². The predicted molar refractivity (Wildman–Crippen MR) is 76.1 cm³/mol. The molecule has 0 amide bonds. The molecule has 1 unspecified atom stereocenters. The summed E-state index contributed by atoms with van der Waals surface area (Å²) in [6, 6.07) is 6.75. The van der Waals surface area contributed by atoms with E-state index in [2.05, 4.69) is 39.5 Å². The van der Waals surface area contributed by atoms with Crippen LogP contribution in [0.3, 0.4) is 0 Å². The molecule has 84 valence electrons. The van der Waals surface area contributed by atoms with E-state index in [0.29, 0.717) is 4.83 Å². The van der Waals surface area contributed by atoms with E-state index in [-0.39, 0.29) is 0 Å². The molecule has 0 aliphatic heterocycles. The first-order valence-corrected chi connectivity index (χ1v) is 8.25. The number of fused-ring (bicyclic) bond motifs is 1. The van der Waals surface area contributed by atoms with Gasteiger partial charge in [0.05, 0.1) is 4.83 Å². The molecule has 1 aliphatic carbocycles. The third-order valence-electron chi connectivity index (χ3n) is 3.06. The maximum absolute atomic E-state index is 3.82. The highest BCUT2D eigenvalue weighted by Crippen LogP contribution is 2.40. The highest BCUT2D eigenvalue weighted by atomic mass is 79.9. The fourth-order valence-corrected chi connectivity index (χ4v) is 5.15. The average molecular weight is 313 g/mol. The first kappa shape index (κ1) is 11.0. The van der Waals surface area contributed by atoms with Crippen molar-refractivity contribution in [2.75, 3.05) is 0 Å². The second-order valence-electron chi connectivity index (χ2n) is 4.18. The van der Waals surface area contributed by atoms with Crippen LogP contribution in [-0.4, -0.2) is 0 Å². The van der Waals surface area contributed by atoms with E-state index in [9.17, 15) is 0 Å². The molecule has 0 radical (unpaired) electrons. The Hall–Kier alpha value is -0.120. The molecule has 3 heteroatoms. The number of hydrogen-bond acceptors (Lipinski definition) is 2. The number of alkyl halides is 1. The van der Waals surface area contributed by atoms with Crippen LogP contribution in [0.4, 0.5) is 0 Å². The zero-order valence-corrected chi connectivity index (χ0v) is 12.1. The summed E-state index contributed by atoms with van der Waals surface area (Å²) in [6.07, 6.45) is 5.33. The van der Waals surface area contributed by atoms with E-state index >= 15 is 0 Å². The Morgan fingerprint density at radius 1 is 1.19 bits per heavy atom. The molecular formula is C13H13BrS2. The quantitative estimate of drug-likeness (QED) is 0.671. The van der Waals surface area contributed by atoms with Crippen molar-refractivity contribution in [3.05, 3.63) is 43.8 Å². The third kappa shape index (κ3) is 2.01. The second-order valence-corrected chi connectivity index (χ2v) is 7.25. The van der Waals surface area contributed by atoms with Crippen molar-refractivity contribution in [1.29, 1.82) is 0 Å². The van der Waals surface area contributed by atoms with Gasteiger partial charge in [-0.2, -0.15) is 0 Å². The first-order chi connectivity index (χ1) is 7.84. The van der Waals surface area contributed by atoms with E-state index < -0.39 is 0 Å². The Bertz CT molecular complexity index is 447. The van der Waals surface area contributed by atoms with Crippen molar-refractivity contribution in [3.8, 4) is 0 Å². The maximum Gasteiger partial charge on any atom is 0.0831 e. The van der Waals surface area contributed by atoms with Gasteiger partial charge < -0.3 is 0 Å². The number of rotatable bonds is 2. The van der Waals surface area contributed by atoms with Gasteiger partial charge in [-0.1, -0.05) is 22.0 Å². The molecular weight excluding hydrogens is 300 g/mol. The van der Waals surface area contributed by atoms with Gasteiger partial charge in [0, 0.05) is 14.6 Å². The van der Waals surface area contributed by atoms with Crippen LogP contribution in [0.5, 0.6) is 0 Å². The average Bonchev–Trinajstić information content (AvgIpc) is 2.97. The zero-order chi connectivity index (χ0) is 11.0. The van der Waals surface area contributed by atoms with Crippen LogP contribution in [0.1, 0.15) is 37.9 Å². The molecule has 1 aliphatic rings. The fourth-order valence-electron chi connectivity index (χ4n) is 2.21. The first-order valence-electron chi connectivity index (χ1n) is 5.63. The van der Waals surface area contributed by atoms with Crippen molar-refractivity contribution >= 4 is 38.6 Å². The largest absolute Gasteiger partial charge is 0.147 e. The SMILES string of the molecule is BrC(c1cccs1)c1cc2c(s1)CCCC2. The fraction of sp³-hybridized carbons (Fsp3) is 0.385. The predicted octanol–water partition coefficient (Wildman–Crippen LogP) is 5.17. The lowest BCUT2D eigenvalue weighted by atomic mass is 9.99.